The lowest BCUT2D eigenvalue weighted by molar-refractivity contribution is 0.254. The van der Waals surface area contributed by atoms with Crippen molar-refractivity contribution in [3.63, 3.8) is 0 Å². The Hall–Kier alpha value is -1.85. The monoisotopic (exact) mass is 230 g/mol. The highest BCUT2D eigenvalue weighted by Crippen LogP contribution is 2.29. The van der Waals surface area contributed by atoms with E-state index in [0.717, 1.165) is 0 Å². The van der Waals surface area contributed by atoms with Gasteiger partial charge in [-0.3, -0.25) is 0 Å². The third-order valence-corrected chi connectivity index (χ3v) is 2.11. The SMILES string of the molecule is CNC(=O)Nc1cc(OC)c(F)c(F)c1C. The molecule has 0 spiro atoms. The van der Waals surface area contributed by atoms with Gasteiger partial charge in [0.05, 0.1) is 12.8 Å². The van der Waals surface area contributed by atoms with Crippen LogP contribution >= 0.6 is 0 Å². The number of methoxy groups -OCH3 is 1. The molecule has 2 amide bonds. The number of ether oxygens (including phenoxy) is 1. The Balaban J connectivity index is 3.19. The highest BCUT2D eigenvalue weighted by Gasteiger charge is 2.17. The van der Waals surface area contributed by atoms with E-state index < -0.39 is 17.7 Å². The molecule has 0 heterocycles. The molecule has 0 radical (unpaired) electrons. The highest BCUT2D eigenvalue weighted by atomic mass is 19.2. The van der Waals surface area contributed by atoms with Crippen molar-refractivity contribution in [3.05, 3.63) is 23.3 Å². The zero-order chi connectivity index (χ0) is 12.3. The highest BCUT2D eigenvalue weighted by molar-refractivity contribution is 5.90. The predicted molar refractivity (Wildman–Crippen MR) is 55.7 cm³/mol. The van der Waals surface area contributed by atoms with Gasteiger partial charge in [0, 0.05) is 18.7 Å². The third kappa shape index (κ3) is 2.21. The van der Waals surface area contributed by atoms with Crippen LogP contribution in [0.15, 0.2) is 6.07 Å². The number of carbonyl (C=O) groups excluding carboxylic acids is 1. The van der Waals surface area contributed by atoms with Gasteiger partial charge < -0.3 is 15.4 Å². The second kappa shape index (κ2) is 4.78. The van der Waals surface area contributed by atoms with Gasteiger partial charge >= 0.3 is 6.03 Å². The fraction of sp³-hybridized carbons (Fsp3) is 0.300. The molecule has 6 heteroatoms. The number of urea groups is 1. The van der Waals surface area contributed by atoms with E-state index in [9.17, 15) is 13.6 Å². The van der Waals surface area contributed by atoms with Crippen LogP contribution in [0.3, 0.4) is 0 Å². The topological polar surface area (TPSA) is 50.4 Å². The van der Waals surface area contributed by atoms with E-state index in [-0.39, 0.29) is 17.0 Å². The molecule has 4 nitrogen and oxygen atoms in total. The zero-order valence-electron chi connectivity index (χ0n) is 9.15. The van der Waals surface area contributed by atoms with E-state index in [1.165, 1.54) is 27.1 Å². The van der Waals surface area contributed by atoms with Crippen LogP contribution in [-0.4, -0.2) is 20.2 Å². The maximum atomic E-state index is 13.4. The fourth-order valence-corrected chi connectivity index (χ4v) is 1.16. The molecule has 0 aliphatic carbocycles. The Morgan fingerprint density at radius 1 is 1.38 bits per heavy atom. The summed E-state index contributed by atoms with van der Waals surface area (Å²) in [5, 5.41) is 4.67. The lowest BCUT2D eigenvalue weighted by atomic mass is 10.1. The van der Waals surface area contributed by atoms with E-state index >= 15 is 0 Å². The van der Waals surface area contributed by atoms with Gasteiger partial charge in [-0.05, 0) is 6.92 Å². The molecular weight excluding hydrogens is 218 g/mol. The zero-order valence-corrected chi connectivity index (χ0v) is 9.15. The summed E-state index contributed by atoms with van der Waals surface area (Å²) in [4.78, 5) is 11.1. The van der Waals surface area contributed by atoms with Crippen LogP contribution in [0.1, 0.15) is 5.56 Å². The van der Waals surface area contributed by atoms with Gasteiger partial charge in [-0.25, -0.2) is 9.18 Å². The minimum Gasteiger partial charge on any atom is -0.493 e. The van der Waals surface area contributed by atoms with Crippen LogP contribution in [0.2, 0.25) is 0 Å². The largest absolute Gasteiger partial charge is 0.493 e. The summed E-state index contributed by atoms with van der Waals surface area (Å²) in [6.07, 6.45) is 0. The third-order valence-electron chi connectivity index (χ3n) is 2.11. The van der Waals surface area contributed by atoms with Gasteiger partial charge in [0.2, 0.25) is 5.82 Å². The summed E-state index contributed by atoms with van der Waals surface area (Å²) in [5.74, 6) is -2.36. The molecule has 0 aromatic heterocycles. The molecule has 0 bridgehead atoms. The van der Waals surface area contributed by atoms with E-state index in [1.807, 2.05) is 0 Å². The molecule has 0 atom stereocenters. The smallest absolute Gasteiger partial charge is 0.318 e. The molecule has 2 N–H and O–H groups in total. The molecule has 0 unspecified atom stereocenters. The maximum absolute atomic E-state index is 13.4. The Kier molecular flexibility index (Phi) is 3.65. The number of benzene rings is 1. The number of amides is 2. The first-order chi connectivity index (χ1) is 7.51. The number of anilines is 1. The van der Waals surface area contributed by atoms with Gasteiger partial charge in [-0.2, -0.15) is 4.39 Å². The molecule has 0 fully saturated rings. The Morgan fingerprint density at radius 3 is 2.50 bits per heavy atom. The second-order valence-electron chi connectivity index (χ2n) is 3.08. The van der Waals surface area contributed by atoms with E-state index in [4.69, 9.17) is 0 Å². The average molecular weight is 230 g/mol. The minimum atomic E-state index is -1.07. The van der Waals surface area contributed by atoms with Gasteiger partial charge in [-0.1, -0.05) is 0 Å². The molecule has 0 saturated heterocycles. The maximum Gasteiger partial charge on any atom is 0.318 e. The molecule has 1 rings (SSSR count). The van der Waals surface area contributed by atoms with Crippen molar-refractivity contribution in [2.24, 2.45) is 0 Å². The first kappa shape index (κ1) is 12.2. The molecule has 0 saturated carbocycles. The Bertz CT molecular complexity index is 422. The van der Waals surface area contributed by atoms with Gasteiger partial charge in [0.1, 0.15) is 0 Å². The lowest BCUT2D eigenvalue weighted by Crippen LogP contribution is -2.25. The fourth-order valence-electron chi connectivity index (χ4n) is 1.16. The van der Waals surface area contributed by atoms with E-state index in [2.05, 4.69) is 15.4 Å². The van der Waals surface area contributed by atoms with Crippen molar-refractivity contribution in [2.75, 3.05) is 19.5 Å². The average Bonchev–Trinajstić information content (AvgIpc) is 2.29. The number of hydrogen-bond donors (Lipinski definition) is 2. The number of nitrogens with one attached hydrogen (secondary N) is 2. The first-order valence-corrected chi connectivity index (χ1v) is 4.52. The minimum absolute atomic E-state index is 0.0156. The summed E-state index contributed by atoms with van der Waals surface area (Å²) in [6.45, 7) is 1.36. The summed E-state index contributed by atoms with van der Waals surface area (Å²) < 4.78 is 31.3. The second-order valence-corrected chi connectivity index (χ2v) is 3.08. The standard InChI is InChI=1S/C10H12F2N2O2/c1-5-6(14-10(15)13-2)4-7(16-3)9(12)8(5)11/h4H,1-3H3,(H2,13,14,15). The van der Waals surface area contributed by atoms with Crippen molar-refractivity contribution >= 4 is 11.7 Å². The molecule has 0 aliphatic rings. The van der Waals surface area contributed by atoms with Crippen molar-refractivity contribution < 1.29 is 18.3 Å². The number of carbonyl (C=O) groups is 1. The summed E-state index contributed by atoms with van der Waals surface area (Å²) in [7, 11) is 2.64. The van der Waals surface area contributed by atoms with Crippen molar-refractivity contribution in [1.29, 1.82) is 0 Å². The van der Waals surface area contributed by atoms with Gasteiger partial charge in [-0.15, -0.1) is 0 Å². The van der Waals surface area contributed by atoms with E-state index in [1.54, 1.807) is 0 Å². The normalized spacial score (nSPS) is 9.81. The molecule has 0 aliphatic heterocycles. The molecule has 1 aromatic rings. The van der Waals surface area contributed by atoms with Crippen molar-refractivity contribution in [2.45, 2.75) is 6.92 Å². The van der Waals surface area contributed by atoms with Crippen molar-refractivity contribution in [1.82, 2.24) is 5.32 Å². The van der Waals surface area contributed by atoms with Gasteiger partial charge in [0.25, 0.3) is 0 Å². The van der Waals surface area contributed by atoms with Crippen LogP contribution in [-0.2, 0) is 0 Å². The van der Waals surface area contributed by atoms with Crippen molar-refractivity contribution in [3.8, 4) is 5.75 Å². The molecule has 16 heavy (non-hydrogen) atoms. The van der Waals surface area contributed by atoms with Crippen LogP contribution < -0.4 is 15.4 Å². The molecular formula is C10H12F2N2O2. The number of halogens is 2. The first-order valence-electron chi connectivity index (χ1n) is 4.52. The van der Waals surface area contributed by atoms with Crippen LogP contribution in [0, 0.1) is 18.6 Å². The summed E-state index contributed by atoms with van der Waals surface area (Å²) in [5.41, 5.74) is 0.178. The molecule has 1 aromatic carbocycles. The van der Waals surface area contributed by atoms with Crippen LogP contribution in [0.5, 0.6) is 5.75 Å². The molecule has 88 valence electrons. The van der Waals surface area contributed by atoms with E-state index in [0.29, 0.717) is 0 Å². The quantitative estimate of drug-likeness (QED) is 0.816. The predicted octanol–water partition coefficient (Wildman–Crippen LogP) is 2.03. The summed E-state index contributed by atoms with van der Waals surface area (Å²) >= 11 is 0. The number of hydrogen-bond acceptors (Lipinski definition) is 2. The van der Waals surface area contributed by atoms with Gasteiger partial charge in [0.15, 0.2) is 11.6 Å². The number of rotatable bonds is 2. The van der Waals surface area contributed by atoms with Crippen LogP contribution in [0.4, 0.5) is 19.3 Å². The Labute approximate surface area is 91.6 Å². The Morgan fingerprint density at radius 2 is 2.00 bits per heavy atom. The lowest BCUT2D eigenvalue weighted by Gasteiger charge is -2.11. The van der Waals surface area contributed by atoms with Crippen LogP contribution in [0.25, 0.3) is 0 Å². The summed E-state index contributed by atoms with van der Waals surface area (Å²) in [6, 6.07) is 0.708.